The van der Waals surface area contributed by atoms with Crippen molar-refractivity contribution < 1.29 is 9.47 Å². The van der Waals surface area contributed by atoms with Crippen LogP contribution in [0.15, 0.2) is 30.3 Å². The number of rotatable bonds is 6. The molecule has 1 aliphatic rings. The van der Waals surface area contributed by atoms with Crippen LogP contribution in [0.5, 0.6) is 11.5 Å². The molecule has 0 saturated carbocycles. The smallest absolute Gasteiger partial charge is 0.176 e. The van der Waals surface area contributed by atoms with Gasteiger partial charge in [-0.05, 0) is 58.0 Å². The van der Waals surface area contributed by atoms with E-state index in [2.05, 4.69) is 39.7 Å². The van der Waals surface area contributed by atoms with Gasteiger partial charge in [-0.3, -0.25) is 0 Å². The minimum absolute atomic E-state index is 0.209. The summed E-state index contributed by atoms with van der Waals surface area (Å²) >= 11 is 0. The maximum Gasteiger partial charge on any atom is 0.176 e. The van der Waals surface area contributed by atoms with Crippen molar-refractivity contribution in [1.29, 1.82) is 0 Å². The maximum atomic E-state index is 5.89. The topological polar surface area (TPSA) is 74.1 Å². The first-order valence-corrected chi connectivity index (χ1v) is 9.60. The largest absolute Gasteiger partial charge is 0.494 e. The van der Waals surface area contributed by atoms with Crippen LogP contribution in [0.25, 0.3) is 5.82 Å². The molecule has 0 spiro atoms. The summed E-state index contributed by atoms with van der Waals surface area (Å²) in [5.41, 5.74) is 4.23. The molecule has 0 saturated heterocycles. The number of ether oxygens (including phenoxy) is 2. The van der Waals surface area contributed by atoms with E-state index >= 15 is 0 Å². The van der Waals surface area contributed by atoms with Gasteiger partial charge in [0.1, 0.15) is 23.4 Å². The molecule has 0 fully saturated rings. The fourth-order valence-electron chi connectivity index (χ4n) is 3.49. The molecule has 0 amide bonds. The van der Waals surface area contributed by atoms with Crippen molar-refractivity contribution in [2.75, 3.05) is 11.9 Å². The lowest BCUT2D eigenvalue weighted by atomic mass is 10.1. The van der Waals surface area contributed by atoms with E-state index in [1.807, 2.05) is 39.0 Å². The van der Waals surface area contributed by atoms with Crippen molar-refractivity contribution in [2.45, 2.75) is 46.8 Å². The number of aryl methyl sites for hydroxylation is 2. The van der Waals surface area contributed by atoms with Crippen molar-refractivity contribution in [3.8, 4) is 17.3 Å². The Balaban J connectivity index is 1.50. The summed E-state index contributed by atoms with van der Waals surface area (Å²) in [5, 5.41) is 16.3. The SMILES string of the molecule is CCOc1cc2c(cc1CNc1ccc(-n3nc(C)cc3C)nn1)OC(C)C2. The van der Waals surface area contributed by atoms with E-state index in [-0.39, 0.29) is 6.10 Å². The summed E-state index contributed by atoms with van der Waals surface area (Å²) in [7, 11) is 0. The molecule has 1 aliphatic heterocycles. The van der Waals surface area contributed by atoms with Gasteiger partial charge in [0.15, 0.2) is 5.82 Å². The first-order valence-electron chi connectivity index (χ1n) is 9.60. The van der Waals surface area contributed by atoms with Gasteiger partial charge in [0.2, 0.25) is 0 Å². The quantitative estimate of drug-likeness (QED) is 0.705. The zero-order valence-corrected chi connectivity index (χ0v) is 16.7. The van der Waals surface area contributed by atoms with E-state index in [1.54, 1.807) is 4.68 Å². The normalized spacial score (nSPS) is 15.2. The molecule has 1 atom stereocenters. The van der Waals surface area contributed by atoms with Crippen LogP contribution in [0, 0.1) is 13.8 Å². The molecule has 0 aliphatic carbocycles. The van der Waals surface area contributed by atoms with Crippen molar-refractivity contribution in [2.24, 2.45) is 0 Å². The molecule has 7 nitrogen and oxygen atoms in total. The summed E-state index contributed by atoms with van der Waals surface area (Å²) in [4.78, 5) is 0. The van der Waals surface area contributed by atoms with Gasteiger partial charge in [-0.15, -0.1) is 10.2 Å². The summed E-state index contributed by atoms with van der Waals surface area (Å²) < 4.78 is 13.5. The molecule has 146 valence electrons. The van der Waals surface area contributed by atoms with Gasteiger partial charge < -0.3 is 14.8 Å². The van der Waals surface area contributed by atoms with Gasteiger partial charge in [0, 0.05) is 29.8 Å². The van der Waals surface area contributed by atoms with Crippen LogP contribution in [-0.2, 0) is 13.0 Å². The van der Waals surface area contributed by atoms with Gasteiger partial charge >= 0.3 is 0 Å². The highest BCUT2D eigenvalue weighted by atomic mass is 16.5. The van der Waals surface area contributed by atoms with Gasteiger partial charge in [-0.2, -0.15) is 5.10 Å². The van der Waals surface area contributed by atoms with Crippen molar-refractivity contribution in [1.82, 2.24) is 20.0 Å². The lowest BCUT2D eigenvalue weighted by Crippen LogP contribution is -2.08. The number of hydrogen-bond donors (Lipinski definition) is 1. The highest BCUT2D eigenvalue weighted by Crippen LogP contribution is 2.35. The van der Waals surface area contributed by atoms with E-state index in [4.69, 9.17) is 9.47 Å². The van der Waals surface area contributed by atoms with Crippen LogP contribution in [0.4, 0.5) is 5.82 Å². The average molecular weight is 379 g/mol. The van der Waals surface area contributed by atoms with Crippen LogP contribution in [0.1, 0.15) is 36.4 Å². The molecular weight excluding hydrogens is 354 g/mol. The first-order chi connectivity index (χ1) is 13.5. The van der Waals surface area contributed by atoms with E-state index in [0.717, 1.165) is 34.9 Å². The van der Waals surface area contributed by atoms with Crippen LogP contribution < -0.4 is 14.8 Å². The van der Waals surface area contributed by atoms with Crippen molar-refractivity contribution in [3.05, 3.63) is 52.8 Å². The molecule has 7 heteroatoms. The summed E-state index contributed by atoms with van der Waals surface area (Å²) in [6.07, 6.45) is 1.13. The van der Waals surface area contributed by atoms with Crippen LogP contribution in [-0.4, -0.2) is 32.7 Å². The van der Waals surface area contributed by atoms with Gasteiger partial charge in [0.25, 0.3) is 0 Å². The number of benzene rings is 1. The molecule has 1 aromatic carbocycles. The molecule has 1 unspecified atom stereocenters. The predicted molar refractivity (Wildman–Crippen MR) is 107 cm³/mol. The fourth-order valence-corrected chi connectivity index (χ4v) is 3.49. The predicted octanol–water partition coefficient (Wildman–Crippen LogP) is 3.61. The lowest BCUT2D eigenvalue weighted by Gasteiger charge is -2.13. The number of hydrogen-bond acceptors (Lipinski definition) is 6. The standard InChI is InChI=1S/C21H25N5O2/c1-5-27-18-10-16-9-15(4)28-19(16)11-17(18)12-22-20-6-7-21(24-23-20)26-14(3)8-13(2)25-26/h6-8,10-11,15H,5,9,12H2,1-4H3,(H,22,23). The number of nitrogens with one attached hydrogen (secondary N) is 1. The van der Waals surface area contributed by atoms with Gasteiger partial charge in [-0.1, -0.05) is 0 Å². The average Bonchev–Trinajstić information content (AvgIpc) is 3.20. The number of anilines is 1. The minimum Gasteiger partial charge on any atom is -0.494 e. The van der Waals surface area contributed by atoms with Crippen LogP contribution in [0.2, 0.25) is 0 Å². The molecule has 4 rings (SSSR count). The summed E-state index contributed by atoms with van der Waals surface area (Å²) in [5.74, 6) is 3.23. The van der Waals surface area contributed by atoms with Crippen LogP contribution >= 0.6 is 0 Å². The Kier molecular flexibility index (Phi) is 4.90. The minimum atomic E-state index is 0.209. The Morgan fingerprint density at radius 3 is 2.75 bits per heavy atom. The van der Waals surface area contributed by atoms with Crippen molar-refractivity contribution >= 4 is 5.82 Å². The highest BCUT2D eigenvalue weighted by Gasteiger charge is 2.21. The Morgan fingerprint density at radius 1 is 1.21 bits per heavy atom. The number of aromatic nitrogens is 4. The molecule has 28 heavy (non-hydrogen) atoms. The molecule has 3 heterocycles. The molecule has 1 N–H and O–H groups in total. The third-order valence-electron chi connectivity index (χ3n) is 4.72. The third-order valence-corrected chi connectivity index (χ3v) is 4.72. The molecule has 0 bridgehead atoms. The number of nitrogens with zero attached hydrogens (tertiary/aromatic N) is 4. The summed E-state index contributed by atoms with van der Waals surface area (Å²) in [6, 6.07) is 9.99. The van der Waals surface area contributed by atoms with E-state index < -0.39 is 0 Å². The Bertz CT molecular complexity index is 981. The Labute approximate surface area is 164 Å². The van der Waals surface area contributed by atoms with Crippen molar-refractivity contribution in [3.63, 3.8) is 0 Å². The van der Waals surface area contributed by atoms with E-state index in [1.165, 1.54) is 5.56 Å². The molecule has 2 aromatic heterocycles. The van der Waals surface area contributed by atoms with E-state index in [9.17, 15) is 0 Å². The van der Waals surface area contributed by atoms with E-state index in [0.29, 0.717) is 24.8 Å². The zero-order valence-electron chi connectivity index (χ0n) is 16.7. The monoisotopic (exact) mass is 379 g/mol. The third kappa shape index (κ3) is 3.65. The Morgan fingerprint density at radius 2 is 2.07 bits per heavy atom. The van der Waals surface area contributed by atoms with Gasteiger partial charge in [0.05, 0.1) is 12.3 Å². The van der Waals surface area contributed by atoms with Crippen LogP contribution in [0.3, 0.4) is 0 Å². The first kappa shape index (κ1) is 18.3. The highest BCUT2D eigenvalue weighted by molar-refractivity contribution is 5.50. The number of fused-ring (bicyclic) bond motifs is 1. The Hall–Kier alpha value is -3.09. The molecule has 0 radical (unpaired) electrons. The lowest BCUT2D eigenvalue weighted by molar-refractivity contribution is 0.254. The summed E-state index contributed by atoms with van der Waals surface area (Å²) in [6.45, 7) is 9.24. The fraction of sp³-hybridized carbons (Fsp3) is 0.381. The second-order valence-electron chi connectivity index (χ2n) is 7.10. The van der Waals surface area contributed by atoms with Gasteiger partial charge in [-0.25, -0.2) is 4.68 Å². The molecule has 3 aromatic rings. The molecular formula is C21H25N5O2. The maximum absolute atomic E-state index is 5.89. The zero-order chi connectivity index (χ0) is 19.7. The second kappa shape index (κ2) is 7.50. The second-order valence-corrected chi connectivity index (χ2v) is 7.10.